The highest BCUT2D eigenvalue weighted by molar-refractivity contribution is 5.27. The van der Waals surface area contributed by atoms with Gasteiger partial charge in [-0.2, -0.15) is 5.26 Å². The Bertz CT molecular complexity index is 520. The van der Waals surface area contributed by atoms with E-state index < -0.39 is 5.79 Å². The number of nitriles is 1. The molecule has 0 radical (unpaired) electrons. The van der Waals surface area contributed by atoms with Gasteiger partial charge in [0.15, 0.2) is 5.79 Å². The molecule has 2 fully saturated rings. The molecule has 1 aromatic rings. The predicted octanol–water partition coefficient (Wildman–Crippen LogP) is 5.74. The largest absolute Gasteiger partial charge is 0.348 e. The first-order chi connectivity index (χ1) is 12.2. The number of benzene rings is 1. The highest BCUT2D eigenvalue weighted by Gasteiger charge is 2.46. The maximum absolute atomic E-state index is 13.2. The van der Waals surface area contributed by atoms with E-state index in [0.29, 0.717) is 19.6 Å². The normalized spacial score (nSPS) is 19.8. The van der Waals surface area contributed by atoms with Crippen molar-refractivity contribution in [2.45, 2.75) is 77.4 Å². The molecule has 0 unspecified atom stereocenters. The molecular formula is C21H32FNO2. The fourth-order valence-electron chi connectivity index (χ4n) is 3.68. The minimum absolute atomic E-state index is 0.0516. The molecule has 1 saturated carbocycles. The van der Waals surface area contributed by atoms with E-state index in [9.17, 15) is 4.39 Å². The first-order valence-corrected chi connectivity index (χ1v) is 9.59. The molecule has 1 spiro atoms. The van der Waals surface area contributed by atoms with Gasteiger partial charge in [0, 0.05) is 19.3 Å². The van der Waals surface area contributed by atoms with Gasteiger partial charge in [-0.3, -0.25) is 0 Å². The highest BCUT2D eigenvalue weighted by atomic mass is 19.1. The molecule has 4 heteroatoms. The molecule has 3 nitrogen and oxygen atoms in total. The molecule has 0 amide bonds. The lowest BCUT2D eigenvalue weighted by atomic mass is 9.65. The average Bonchev–Trinajstić information content (AvgIpc) is 3.14. The van der Waals surface area contributed by atoms with E-state index >= 15 is 0 Å². The average molecular weight is 349 g/mol. The molecule has 0 N–H and O–H groups in total. The molecule has 1 aromatic carbocycles. The number of halogens is 1. The van der Waals surface area contributed by atoms with Crippen LogP contribution in [0.4, 0.5) is 4.39 Å². The number of rotatable bonds is 3. The van der Waals surface area contributed by atoms with Crippen LogP contribution in [-0.2, 0) is 14.9 Å². The summed E-state index contributed by atoms with van der Waals surface area (Å²) in [7, 11) is 0. The van der Waals surface area contributed by atoms with Crippen molar-refractivity contribution in [2.24, 2.45) is 0 Å². The van der Waals surface area contributed by atoms with Crippen LogP contribution >= 0.6 is 0 Å². The lowest BCUT2D eigenvalue weighted by Gasteiger charge is -2.44. The van der Waals surface area contributed by atoms with E-state index in [1.807, 2.05) is 39.8 Å². The minimum atomic E-state index is -0.407. The fourth-order valence-corrected chi connectivity index (χ4v) is 3.68. The van der Waals surface area contributed by atoms with Crippen LogP contribution in [-0.4, -0.2) is 19.0 Å². The van der Waals surface area contributed by atoms with Crippen molar-refractivity contribution in [3.63, 3.8) is 0 Å². The summed E-state index contributed by atoms with van der Waals surface area (Å²) >= 11 is 0. The van der Waals surface area contributed by atoms with Gasteiger partial charge in [0.25, 0.3) is 0 Å². The standard InChI is InChI=1S/C17H20FNO2.2C2H6/c18-15-4-2-14(3-5-15)16(6-1-11-19)7-9-17(10-8-16)20-12-13-21-17;2*1-2/h2-5H,1,6-10,12-13H2;2*1-2H3. The van der Waals surface area contributed by atoms with Crippen molar-refractivity contribution in [1.82, 2.24) is 0 Å². The van der Waals surface area contributed by atoms with Gasteiger partial charge < -0.3 is 9.47 Å². The van der Waals surface area contributed by atoms with Gasteiger partial charge in [-0.15, -0.1) is 0 Å². The second-order valence-corrected chi connectivity index (χ2v) is 6.05. The summed E-state index contributed by atoms with van der Waals surface area (Å²) in [6, 6.07) is 8.99. The topological polar surface area (TPSA) is 42.2 Å². The first kappa shape index (κ1) is 21.6. The summed E-state index contributed by atoms with van der Waals surface area (Å²) in [4.78, 5) is 0. The molecule has 1 aliphatic carbocycles. The zero-order valence-corrected chi connectivity index (χ0v) is 16.1. The van der Waals surface area contributed by atoms with Crippen LogP contribution < -0.4 is 0 Å². The predicted molar refractivity (Wildman–Crippen MR) is 98.7 cm³/mol. The van der Waals surface area contributed by atoms with Crippen LogP contribution in [0, 0.1) is 17.1 Å². The molecule has 1 aliphatic heterocycles. The van der Waals surface area contributed by atoms with E-state index in [0.717, 1.165) is 37.7 Å². The molecule has 3 rings (SSSR count). The zero-order valence-electron chi connectivity index (χ0n) is 16.1. The Morgan fingerprint density at radius 1 is 0.960 bits per heavy atom. The van der Waals surface area contributed by atoms with Crippen LogP contribution in [0.1, 0.15) is 71.8 Å². The van der Waals surface area contributed by atoms with Crippen LogP contribution in [0.3, 0.4) is 0 Å². The lowest BCUT2D eigenvalue weighted by Crippen LogP contribution is -2.42. The summed E-state index contributed by atoms with van der Waals surface area (Å²) in [5, 5.41) is 8.95. The summed E-state index contributed by atoms with van der Waals surface area (Å²) in [6.45, 7) is 9.34. The zero-order chi connectivity index (χ0) is 18.8. The molecule has 0 bridgehead atoms. The molecule has 1 heterocycles. The van der Waals surface area contributed by atoms with Gasteiger partial charge in [-0.1, -0.05) is 39.8 Å². The molecule has 25 heavy (non-hydrogen) atoms. The van der Waals surface area contributed by atoms with Gasteiger partial charge in [0.2, 0.25) is 0 Å². The van der Waals surface area contributed by atoms with E-state index in [4.69, 9.17) is 14.7 Å². The maximum Gasteiger partial charge on any atom is 0.168 e. The van der Waals surface area contributed by atoms with Gasteiger partial charge >= 0.3 is 0 Å². The highest BCUT2D eigenvalue weighted by Crippen LogP contribution is 2.48. The molecular weight excluding hydrogens is 317 g/mol. The second kappa shape index (κ2) is 10.5. The van der Waals surface area contributed by atoms with Gasteiger partial charge in [0.05, 0.1) is 19.3 Å². The minimum Gasteiger partial charge on any atom is -0.348 e. The van der Waals surface area contributed by atoms with Crippen molar-refractivity contribution < 1.29 is 13.9 Å². The Balaban J connectivity index is 0.000000730. The van der Waals surface area contributed by atoms with E-state index in [-0.39, 0.29) is 11.2 Å². The van der Waals surface area contributed by atoms with Crippen molar-refractivity contribution in [3.05, 3.63) is 35.6 Å². The summed E-state index contributed by atoms with van der Waals surface area (Å²) < 4.78 is 24.8. The fraction of sp³-hybridized carbons (Fsp3) is 0.667. The van der Waals surface area contributed by atoms with Crippen molar-refractivity contribution in [1.29, 1.82) is 5.26 Å². The maximum atomic E-state index is 13.2. The number of nitrogens with zero attached hydrogens (tertiary/aromatic N) is 1. The van der Waals surface area contributed by atoms with E-state index in [1.54, 1.807) is 0 Å². The number of hydrogen-bond donors (Lipinski definition) is 0. The number of ether oxygens (including phenoxy) is 2. The Hall–Kier alpha value is -1.44. The van der Waals surface area contributed by atoms with Gasteiger partial charge in [-0.25, -0.2) is 4.39 Å². The Kier molecular flexibility index (Phi) is 9.10. The van der Waals surface area contributed by atoms with Gasteiger partial charge in [0.1, 0.15) is 5.82 Å². The Labute approximate surface area is 152 Å². The second-order valence-electron chi connectivity index (χ2n) is 6.05. The van der Waals surface area contributed by atoms with Crippen LogP contribution in [0.2, 0.25) is 0 Å². The third kappa shape index (κ3) is 5.26. The van der Waals surface area contributed by atoms with Crippen molar-refractivity contribution in [2.75, 3.05) is 13.2 Å². The summed E-state index contributed by atoms with van der Waals surface area (Å²) in [5.74, 6) is -0.625. The first-order valence-electron chi connectivity index (χ1n) is 9.59. The van der Waals surface area contributed by atoms with E-state index in [1.165, 1.54) is 12.1 Å². The SMILES string of the molecule is CC.CC.N#CCCC1(c2ccc(F)cc2)CCC2(CC1)OCCO2. The molecule has 0 aromatic heterocycles. The summed E-state index contributed by atoms with van der Waals surface area (Å²) in [6.07, 6.45) is 4.85. The third-order valence-electron chi connectivity index (χ3n) is 4.95. The quantitative estimate of drug-likeness (QED) is 0.699. The smallest absolute Gasteiger partial charge is 0.168 e. The van der Waals surface area contributed by atoms with Crippen molar-refractivity contribution in [3.8, 4) is 6.07 Å². The molecule has 2 aliphatic rings. The number of hydrogen-bond acceptors (Lipinski definition) is 3. The van der Waals surface area contributed by atoms with E-state index in [2.05, 4.69) is 6.07 Å². The van der Waals surface area contributed by atoms with Crippen LogP contribution in [0.25, 0.3) is 0 Å². The van der Waals surface area contributed by atoms with Gasteiger partial charge in [-0.05, 0) is 42.4 Å². The van der Waals surface area contributed by atoms with Crippen LogP contribution in [0.5, 0.6) is 0 Å². The van der Waals surface area contributed by atoms with Crippen molar-refractivity contribution >= 4 is 0 Å². The Morgan fingerprint density at radius 2 is 1.48 bits per heavy atom. The molecule has 140 valence electrons. The Morgan fingerprint density at radius 3 is 1.96 bits per heavy atom. The van der Waals surface area contributed by atoms with Crippen LogP contribution in [0.15, 0.2) is 24.3 Å². The monoisotopic (exact) mass is 349 g/mol. The third-order valence-corrected chi connectivity index (χ3v) is 4.95. The lowest BCUT2D eigenvalue weighted by molar-refractivity contribution is -0.185. The molecule has 0 atom stereocenters. The summed E-state index contributed by atoms with van der Waals surface area (Å²) in [5.41, 5.74) is 1.08. The molecule has 1 saturated heterocycles.